The van der Waals surface area contributed by atoms with E-state index in [-0.39, 0.29) is 6.42 Å². The summed E-state index contributed by atoms with van der Waals surface area (Å²) in [7, 11) is 0. The first kappa shape index (κ1) is 14.4. The van der Waals surface area contributed by atoms with Crippen LogP contribution in [-0.2, 0) is 4.79 Å². The highest BCUT2D eigenvalue weighted by molar-refractivity contribution is 5.66. The molecule has 2 N–H and O–H groups in total. The predicted octanol–water partition coefficient (Wildman–Crippen LogP) is 2.82. The van der Waals surface area contributed by atoms with Crippen molar-refractivity contribution in [3.05, 3.63) is 0 Å². The van der Waals surface area contributed by atoms with E-state index in [1.165, 1.54) is 0 Å². The Morgan fingerprint density at radius 2 is 1.93 bits per heavy atom. The second kappa shape index (κ2) is 6.83. The highest BCUT2D eigenvalue weighted by Crippen LogP contribution is 2.27. The summed E-state index contributed by atoms with van der Waals surface area (Å²) < 4.78 is 0. The van der Waals surface area contributed by atoms with Crippen molar-refractivity contribution in [2.75, 3.05) is 0 Å². The van der Waals surface area contributed by atoms with Crippen LogP contribution in [0.3, 0.4) is 0 Å². The van der Waals surface area contributed by atoms with Crippen molar-refractivity contribution in [3.63, 3.8) is 0 Å². The van der Waals surface area contributed by atoms with Gasteiger partial charge in [-0.05, 0) is 25.2 Å². The van der Waals surface area contributed by atoms with Crippen LogP contribution >= 0.6 is 0 Å². The summed E-state index contributed by atoms with van der Waals surface area (Å²) in [5, 5.41) is 18.9. The molecule has 0 saturated heterocycles. The standard InChI is InChI=1S/C12H24O3/c1-4-5-7-12(15,9-10(2)3)8-6-11(13)14/h10,15H,4-9H2,1-3H3,(H,13,14). The fourth-order valence-electron chi connectivity index (χ4n) is 1.93. The molecule has 0 saturated carbocycles. The highest BCUT2D eigenvalue weighted by atomic mass is 16.4. The van der Waals surface area contributed by atoms with Crippen LogP contribution in [-0.4, -0.2) is 21.8 Å². The zero-order chi connectivity index (χ0) is 11.9. The molecule has 0 fully saturated rings. The van der Waals surface area contributed by atoms with Crippen LogP contribution in [0.25, 0.3) is 0 Å². The molecular formula is C12H24O3. The molecule has 3 nitrogen and oxygen atoms in total. The van der Waals surface area contributed by atoms with Crippen molar-refractivity contribution in [1.82, 2.24) is 0 Å². The largest absolute Gasteiger partial charge is 0.481 e. The third-order valence-corrected chi connectivity index (χ3v) is 2.59. The monoisotopic (exact) mass is 216 g/mol. The van der Waals surface area contributed by atoms with Crippen molar-refractivity contribution in [2.24, 2.45) is 5.92 Å². The Hall–Kier alpha value is -0.570. The quantitative estimate of drug-likeness (QED) is 0.656. The third-order valence-electron chi connectivity index (χ3n) is 2.59. The summed E-state index contributed by atoms with van der Waals surface area (Å²) in [6, 6.07) is 0. The number of unbranched alkanes of at least 4 members (excludes halogenated alkanes) is 1. The molecule has 0 aromatic carbocycles. The maximum Gasteiger partial charge on any atom is 0.303 e. The molecule has 0 heterocycles. The van der Waals surface area contributed by atoms with E-state index in [1.54, 1.807) is 0 Å². The first-order valence-electron chi connectivity index (χ1n) is 5.84. The molecule has 3 heteroatoms. The van der Waals surface area contributed by atoms with Gasteiger partial charge in [0.1, 0.15) is 0 Å². The van der Waals surface area contributed by atoms with Crippen molar-refractivity contribution in [1.29, 1.82) is 0 Å². The Morgan fingerprint density at radius 3 is 2.33 bits per heavy atom. The molecule has 0 rings (SSSR count). The van der Waals surface area contributed by atoms with Gasteiger partial charge in [0, 0.05) is 6.42 Å². The average Bonchev–Trinajstić information content (AvgIpc) is 2.11. The van der Waals surface area contributed by atoms with E-state index in [9.17, 15) is 9.90 Å². The molecule has 0 aliphatic heterocycles. The summed E-state index contributed by atoms with van der Waals surface area (Å²) in [5.74, 6) is -0.422. The molecule has 0 aromatic rings. The number of aliphatic carboxylic acids is 1. The zero-order valence-electron chi connectivity index (χ0n) is 10.1. The Bertz CT molecular complexity index is 189. The molecular weight excluding hydrogens is 192 g/mol. The molecule has 0 amide bonds. The van der Waals surface area contributed by atoms with Gasteiger partial charge in [0.15, 0.2) is 0 Å². The minimum absolute atomic E-state index is 0.0624. The SMILES string of the molecule is CCCCC(O)(CCC(=O)O)CC(C)C. The normalized spacial score (nSPS) is 15.3. The number of hydrogen-bond acceptors (Lipinski definition) is 2. The van der Waals surface area contributed by atoms with E-state index in [1.807, 2.05) is 0 Å². The predicted molar refractivity (Wildman–Crippen MR) is 60.8 cm³/mol. The number of rotatable bonds is 8. The molecule has 0 bridgehead atoms. The maximum absolute atomic E-state index is 10.5. The number of aliphatic hydroxyl groups is 1. The van der Waals surface area contributed by atoms with Crippen LogP contribution in [0.5, 0.6) is 0 Å². The average molecular weight is 216 g/mol. The van der Waals surface area contributed by atoms with Gasteiger partial charge in [0.05, 0.1) is 5.60 Å². The Labute approximate surface area is 92.5 Å². The van der Waals surface area contributed by atoms with E-state index in [0.29, 0.717) is 18.8 Å². The van der Waals surface area contributed by atoms with Gasteiger partial charge in [-0.1, -0.05) is 33.6 Å². The van der Waals surface area contributed by atoms with Gasteiger partial charge in [-0.2, -0.15) is 0 Å². The Kier molecular flexibility index (Phi) is 6.57. The van der Waals surface area contributed by atoms with Gasteiger partial charge in [-0.25, -0.2) is 0 Å². The molecule has 0 spiro atoms. The first-order chi connectivity index (χ1) is 6.89. The zero-order valence-corrected chi connectivity index (χ0v) is 10.1. The van der Waals surface area contributed by atoms with Gasteiger partial charge in [-0.3, -0.25) is 4.79 Å². The molecule has 0 aliphatic carbocycles. The third kappa shape index (κ3) is 7.37. The lowest BCUT2D eigenvalue weighted by molar-refractivity contribution is -0.138. The molecule has 1 unspecified atom stereocenters. The van der Waals surface area contributed by atoms with Gasteiger partial charge >= 0.3 is 5.97 Å². The van der Waals surface area contributed by atoms with Crippen LogP contribution in [0.15, 0.2) is 0 Å². The summed E-state index contributed by atoms with van der Waals surface area (Å²) in [6.07, 6.45) is 3.85. The van der Waals surface area contributed by atoms with Crippen LogP contribution in [0.4, 0.5) is 0 Å². The second-order valence-electron chi connectivity index (χ2n) is 4.82. The fourth-order valence-corrected chi connectivity index (χ4v) is 1.93. The smallest absolute Gasteiger partial charge is 0.303 e. The van der Waals surface area contributed by atoms with E-state index in [2.05, 4.69) is 20.8 Å². The number of hydrogen-bond donors (Lipinski definition) is 2. The van der Waals surface area contributed by atoms with Crippen molar-refractivity contribution in [2.45, 2.75) is 64.9 Å². The molecule has 15 heavy (non-hydrogen) atoms. The lowest BCUT2D eigenvalue weighted by Gasteiger charge is -2.29. The highest BCUT2D eigenvalue weighted by Gasteiger charge is 2.27. The van der Waals surface area contributed by atoms with Crippen LogP contribution in [0.2, 0.25) is 0 Å². The molecule has 0 aromatic heterocycles. The number of carboxylic acid groups (broad SMARTS) is 1. The van der Waals surface area contributed by atoms with Crippen LogP contribution in [0, 0.1) is 5.92 Å². The van der Waals surface area contributed by atoms with Crippen molar-refractivity contribution < 1.29 is 15.0 Å². The minimum Gasteiger partial charge on any atom is -0.481 e. The molecule has 0 radical (unpaired) electrons. The van der Waals surface area contributed by atoms with Crippen molar-refractivity contribution >= 4 is 5.97 Å². The number of carbonyl (C=O) groups is 1. The lowest BCUT2D eigenvalue weighted by Crippen LogP contribution is -2.31. The summed E-state index contributed by atoms with van der Waals surface area (Å²) in [5.41, 5.74) is -0.775. The number of carboxylic acids is 1. The van der Waals surface area contributed by atoms with Crippen molar-refractivity contribution in [3.8, 4) is 0 Å². The first-order valence-corrected chi connectivity index (χ1v) is 5.84. The van der Waals surface area contributed by atoms with E-state index < -0.39 is 11.6 Å². The van der Waals surface area contributed by atoms with Gasteiger partial charge in [0.25, 0.3) is 0 Å². The van der Waals surface area contributed by atoms with Gasteiger partial charge in [-0.15, -0.1) is 0 Å². The Morgan fingerprint density at radius 1 is 1.33 bits per heavy atom. The lowest BCUT2D eigenvalue weighted by atomic mass is 9.84. The van der Waals surface area contributed by atoms with E-state index in [0.717, 1.165) is 19.3 Å². The molecule has 90 valence electrons. The molecule has 0 aliphatic rings. The topological polar surface area (TPSA) is 57.5 Å². The van der Waals surface area contributed by atoms with Gasteiger partial charge in [0.2, 0.25) is 0 Å². The fraction of sp³-hybridized carbons (Fsp3) is 0.917. The molecule has 1 atom stereocenters. The van der Waals surface area contributed by atoms with E-state index in [4.69, 9.17) is 5.11 Å². The minimum atomic E-state index is -0.825. The second-order valence-corrected chi connectivity index (χ2v) is 4.82. The summed E-state index contributed by atoms with van der Waals surface area (Å²) in [6.45, 7) is 6.18. The summed E-state index contributed by atoms with van der Waals surface area (Å²) in [4.78, 5) is 10.5. The maximum atomic E-state index is 10.5. The van der Waals surface area contributed by atoms with Gasteiger partial charge < -0.3 is 10.2 Å². The van der Waals surface area contributed by atoms with Crippen LogP contribution < -0.4 is 0 Å². The van der Waals surface area contributed by atoms with Crippen LogP contribution in [0.1, 0.15) is 59.3 Å². The van der Waals surface area contributed by atoms with E-state index >= 15 is 0 Å². The summed E-state index contributed by atoms with van der Waals surface area (Å²) >= 11 is 0. The Balaban J connectivity index is 4.19.